The minimum atomic E-state index is -0.637. The van der Waals surface area contributed by atoms with E-state index in [0.717, 1.165) is 5.56 Å². The van der Waals surface area contributed by atoms with E-state index in [9.17, 15) is 9.59 Å². The highest BCUT2D eigenvalue weighted by Crippen LogP contribution is 2.18. The Bertz CT molecular complexity index is 475. The summed E-state index contributed by atoms with van der Waals surface area (Å²) in [5.41, 5.74) is 0.809. The number of nitrogens with zero attached hydrogens (tertiary/aromatic N) is 1. The highest BCUT2D eigenvalue weighted by molar-refractivity contribution is 5.85. The third-order valence-electron chi connectivity index (χ3n) is 3.52. The Hall–Kier alpha value is -1.88. The fourth-order valence-corrected chi connectivity index (χ4v) is 2.47. The summed E-state index contributed by atoms with van der Waals surface area (Å²) in [5.74, 6) is -0.110. The lowest BCUT2D eigenvalue weighted by atomic mass is 10.1. The Kier molecular flexibility index (Phi) is 4.74. The number of carbonyl (C=O) groups is 2. The smallest absolute Gasteiger partial charge is 0.254 e. The van der Waals surface area contributed by atoms with Crippen LogP contribution in [0.4, 0.5) is 0 Å². The van der Waals surface area contributed by atoms with E-state index in [1.807, 2.05) is 37.3 Å². The predicted octanol–water partition coefficient (Wildman–Crippen LogP) is 1.11. The van der Waals surface area contributed by atoms with Crippen LogP contribution >= 0.6 is 0 Å². The van der Waals surface area contributed by atoms with Gasteiger partial charge in [0.25, 0.3) is 5.91 Å². The molecule has 1 fully saturated rings. The molecule has 1 heterocycles. The van der Waals surface area contributed by atoms with Crippen LogP contribution in [-0.4, -0.2) is 43.0 Å². The van der Waals surface area contributed by atoms with E-state index < -0.39 is 6.10 Å². The second kappa shape index (κ2) is 6.52. The van der Waals surface area contributed by atoms with E-state index in [0.29, 0.717) is 19.5 Å². The van der Waals surface area contributed by atoms with Crippen molar-refractivity contribution in [3.63, 3.8) is 0 Å². The van der Waals surface area contributed by atoms with Gasteiger partial charge in [-0.05, 0) is 12.5 Å². The molecule has 2 atom stereocenters. The molecule has 0 aliphatic carbocycles. The molecule has 0 radical (unpaired) electrons. The monoisotopic (exact) mass is 276 g/mol. The molecular formula is C15H20N2O3. The first-order chi connectivity index (χ1) is 9.65. The van der Waals surface area contributed by atoms with Crippen molar-refractivity contribution in [3.05, 3.63) is 35.9 Å². The number of rotatable bonds is 5. The summed E-state index contributed by atoms with van der Waals surface area (Å²) in [7, 11) is 1.51. The van der Waals surface area contributed by atoms with Crippen LogP contribution in [0.3, 0.4) is 0 Å². The molecule has 5 nitrogen and oxygen atoms in total. The number of hydrogen-bond acceptors (Lipinski definition) is 3. The molecule has 2 amide bonds. The van der Waals surface area contributed by atoms with Gasteiger partial charge in [0.15, 0.2) is 6.10 Å². The van der Waals surface area contributed by atoms with Crippen molar-refractivity contribution in [3.8, 4) is 0 Å². The molecule has 0 saturated carbocycles. The number of amides is 2. The highest BCUT2D eigenvalue weighted by Gasteiger charge is 2.31. The summed E-state index contributed by atoms with van der Waals surface area (Å²) in [6.45, 7) is 3.19. The van der Waals surface area contributed by atoms with Crippen molar-refractivity contribution in [1.29, 1.82) is 0 Å². The zero-order valence-corrected chi connectivity index (χ0v) is 11.8. The topological polar surface area (TPSA) is 58.6 Å². The van der Waals surface area contributed by atoms with Gasteiger partial charge in [-0.15, -0.1) is 0 Å². The maximum absolute atomic E-state index is 12.3. The van der Waals surface area contributed by atoms with Crippen molar-refractivity contribution in [2.75, 3.05) is 20.2 Å². The van der Waals surface area contributed by atoms with E-state index in [4.69, 9.17) is 4.74 Å². The van der Waals surface area contributed by atoms with Gasteiger partial charge in [0.1, 0.15) is 0 Å². The largest absolute Gasteiger partial charge is 0.367 e. The highest BCUT2D eigenvalue weighted by atomic mass is 16.5. The van der Waals surface area contributed by atoms with Crippen LogP contribution in [0.5, 0.6) is 0 Å². The van der Waals surface area contributed by atoms with E-state index in [1.54, 1.807) is 4.90 Å². The Morgan fingerprint density at radius 3 is 2.70 bits per heavy atom. The number of likely N-dealkylation sites (tertiary alicyclic amines) is 1. The first-order valence-corrected chi connectivity index (χ1v) is 6.81. The summed E-state index contributed by atoms with van der Waals surface area (Å²) < 4.78 is 5.28. The number of methoxy groups -OCH3 is 1. The molecule has 1 N–H and O–H groups in total. The Labute approximate surface area is 118 Å². The number of benzene rings is 1. The molecule has 0 spiro atoms. The minimum Gasteiger partial charge on any atom is -0.367 e. The van der Waals surface area contributed by atoms with Crippen molar-refractivity contribution in [2.45, 2.75) is 25.5 Å². The van der Waals surface area contributed by atoms with Gasteiger partial charge in [-0.1, -0.05) is 30.3 Å². The van der Waals surface area contributed by atoms with Crippen LogP contribution in [0.15, 0.2) is 30.3 Å². The van der Waals surface area contributed by atoms with E-state index in [-0.39, 0.29) is 17.9 Å². The third kappa shape index (κ3) is 3.17. The molecule has 2 rings (SSSR count). The summed E-state index contributed by atoms with van der Waals surface area (Å²) >= 11 is 0. The van der Waals surface area contributed by atoms with E-state index in [1.165, 1.54) is 7.11 Å². The molecule has 5 heteroatoms. The van der Waals surface area contributed by atoms with Gasteiger partial charge < -0.3 is 15.0 Å². The summed E-state index contributed by atoms with van der Waals surface area (Å²) in [5, 5.41) is 2.90. The average Bonchev–Trinajstić information content (AvgIpc) is 2.80. The quantitative estimate of drug-likeness (QED) is 0.876. The molecule has 1 aliphatic heterocycles. The van der Waals surface area contributed by atoms with Gasteiger partial charge in [0.2, 0.25) is 5.91 Å². The maximum Gasteiger partial charge on any atom is 0.254 e. The lowest BCUT2D eigenvalue weighted by molar-refractivity contribution is -0.132. The molecule has 1 aliphatic rings. The van der Waals surface area contributed by atoms with Gasteiger partial charge in [0.05, 0.1) is 6.04 Å². The zero-order valence-electron chi connectivity index (χ0n) is 11.8. The van der Waals surface area contributed by atoms with E-state index >= 15 is 0 Å². The fourth-order valence-electron chi connectivity index (χ4n) is 2.47. The van der Waals surface area contributed by atoms with Crippen molar-refractivity contribution >= 4 is 11.8 Å². The minimum absolute atomic E-state index is 0.0893. The predicted molar refractivity (Wildman–Crippen MR) is 75.0 cm³/mol. The van der Waals surface area contributed by atoms with Gasteiger partial charge in [-0.3, -0.25) is 9.59 Å². The van der Waals surface area contributed by atoms with Crippen LogP contribution in [0, 0.1) is 0 Å². The van der Waals surface area contributed by atoms with Gasteiger partial charge in [-0.25, -0.2) is 0 Å². The van der Waals surface area contributed by atoms with Crippen LogP contribution in [0.2, 0.25) is 0 Å². The van der Waals surface area contributed by atoms with Crippen LogP contribution < -0.4 is 5.32 Å². The summed E-state index contributed by atoms with van der Waals surface area (Å²) in [6, 6.07) is 9.20. The molecule has 108 valence electrons. The standard InChI is InChI=1S/C15H20N2O3/c1-3-17-10-12(9-13(17)18)16-15(19)14(20-2)11-7-5-4-6-8-11/h4-8,12,14H,3,9-10H2,1-2H3,(H,16,19)/t12-,14+/m0/s1. The summed E-state index contributed by atoms with van der Waals surface area (Å²) in [4.78, 5) is 25.7. The lowest BCUT2D eigenvalue weighted by Crippen LogP contribution is -2.40. The molecule has 20 heavy (non-hydrogen) atoms. The molecule has 0 aromatic heterocycles. The van der Waals surface area contributed by atoms with Gasteiger partial charge >= 0.3 is 0 Å². The maximum atomic E-state index is 12.3. The number of ether oxygens (including phenoxy) is 1. The molecule has 0 bridgehead atoms. The fraction of sp³-hybridized carbons (Fsp3) is 0.467. The van der Waals surface area contributed by atoms with Crippen LogP contribution in [0.1, 0.15) is 25.0 Å². The number of nitrogens with one attached hydrogen (secondary N) is 1. The van der Waals surface area contributed by atoms with Gasteiger partial charge in [-0.2, -0.15) is 0 Å². The van der Waals surface area contributed by atoms with E-state index in [2.05, 4.69) is 5.32 Å². The lowest BCUT2D eigenvalue weighted by Gasteiger charge is -2.19. The molecule has 1 aromatic carbocycles. The SMILES string of the molecule is CCN1C[C@@H](NC(=O)[C@H](OC)c2ccccc2)CC1=O. The average molecular weight is 276 g/mol. The molecule has 1 saturated heterocycles. The van der Waals surface area contributed by atoms with Gasteiger partial charge in [0, 0.05) is 26.6 Å². The molecule has 0 unspecified atom stereocenters. The Balaban J connectivity index is 1.99. The Morgan fingerprint density at radius 1 is 1.45 bits per heavy atom. The van der Waals surface area contributed by atoms with Crippen molar-refractivity contribution < 1.29 is 14.3 Å². The first-order valence-electron chi connectivity index (χ1n) is 6.81. The second-order valence-electron chi connectivity index (χ2n) is 4.87. The Morgan fingerprint density at radius 2 is 2.15 bits per heavy atom. The second-order valence-corrected chi connectivity index (χ2v) is 4.87. The number of carbonyl (C=O) groups excluding carboxylic acids is 2. The zero-order chi connectivity index (χ0) is 14.5. The van der Waals surface area contributed by atoms with Crippen molar-refractivity contribution in [1.82, 2.24) is 10.2 Å². The molecule has 1 aromatic rings. The third-order valence-corrected chi connectivity index (χ3v) is 3.52. The number of likely N-dealkylation sites (N-methyl/N-ethyl adjacent to an activating group) is 1. The normalized spacial score (nSPS) is 20.0. The first kappa shape index (κ1) is 14.5. The van der Waals surface area contributed by atoms with Crippen LogP contribution in [0.25, 0.3) is 0 Å². The molecular weight excluding hydrogens is 256 g/mol. The van der Waals surface area contributed by atoms with Crippen molar-refractivity contribution in [2.24, 2.45) is 0 Å². The van der Waals surface area contributed by atoms with Crippen LogP contribution in [-0.2, 0) is 14.3 Å². The summed E-state index contributed by atoms with van der Waals surface area (Å²) in [6.07, 6.45) is -0.271. The number of hydrogen-bond donors (Lipinski definition) is 1.